The van der Waals surface area contributed by atoms with Crippen LogP contribution < -0.4 is 0 Å². The van der Waals surface area contributed by atoms with Crippen LogP contribution >= 0.6 is 0 Å². The number of ketones is 1. The summed E-state index contributed by atoms with van der Waals surface area (Å²) < 4.78 is 0. The SMILES string of the molecule is C/C=C\c1c(C#Cc2ccc(C(=O)C3CC3)cc2)ccnc1C. The summed E-state index contributed by atoms with van der Waals surface area (Å²) in [7, 11) is 0. The molecule has 0 aliphatic heterocycles. The summed E-state index contributed by atoms with van der Waals surface area (Å²) in [6.45, 7) is 3.97. The van der Waals surface area contributed by atoms with Crippen LogP contribution in [-0.2, 0) is 0 Å². The van der Waals surface area contributed by atoms with Crippen molar-refractivity contribution in [1.82, 2.24) is 4.98 Å². The summed E-state index contributed by atoms with van der Waals surface area (Å²) in [6, 6.07) is 9.54. The van der Waals surface area contributed by atoms with E-state index in [9.17, 15) is 4.79 Å². The van der Waals surface area contributed by atoms with Crippen LogP contribution in [0.25, 0.3) is 6.08 Å². The molecule has 1 aliphatic rings. The lowest BCUT2D eigenvalue weighted by Gasteiger charge is -2.02. The molecule has 0 spiro atoms. The molecule has 1 aromatic carbocycles. The van der Waals surface area contributed by atoms with E-state index in [-0.39, 0.29) is 11.7 Å². The van der Waals surface area contributed by atoms with Gasteiger partial charge in [-0.25, -0.2) is 0 Å². The van der Waals surface area contributed by atoms with Gasteiger partial charge in [-0.1, -0.05) is 36.1 Å². The van der Waals surface area contributed by atoms with Gasteiger partial charge in [-0.3, -0.25) is 9.78 Å². The number of hydrogen-bond acceptors (Lipinski definition) is 2. The molecule has 1 heterocycles. The van der Waals surface area contributed by atoms with Crippen molar-refractivity contribution in [3.05, 3.63) is 70.6 Å². The third-order valence-corrected chi connectivity index (χ3v) is 3.98. The molecule has 1 aliphatic carbocycles. The third kappa shape index (κ3) is 3.57. The summed E-state index contributed by atoms with van der Waals surface area (Å²) in [4.78, 5) is 16.3. The Morgan fingerprint density at radius 1 is 1.17 bits per heavy atom. The fourth-order valence-corrected chi connectivity index (χ4v) is 2.50. The van der Waals surface area contributed by atoms with Crippen molar-refractivity contribution in [3.8, 4) is 11.8 Å². The first-order valence-electron chi connectivity index (χ1n) is 7.93. The Morgan fingerprint density at radius 2 is 1.91 bits per heavy atom. The van der Waals surface area contributed by atoms with Crippen LogP contribution in [0.15, 0.2) is 42.6 Å². The number of aryl methyl sites for hydroxylation is 1. The van der Waals surface area contributed by atoms with E-state index in [0.717, 1.165) is 40.8 Å². The average molecular weight is 301 g/mol. The molecule has 0 bridgehead atoms. The zero-order chi connectivity index (χ0) is 16.2. The van der Waals surface area contributed by atoms with Crippen molar-refractivity contribution in [2.75, 3.05) is 0 Å². The fourth-order valence-electron chi connectivity index (χ4n) is 2.50. The highest BCUT2D eigenvalue weighted by molar-refractivity contribution is 5.99. The standard InChI is InChI=1S/C21H19NO/c1-3-4-20-15(2)22-14-13-17(20)8-5-16-6-9-18(10-7-16)21(23)19-11-12-19/h3-4,6-7,9-10,13-14,19H,11-12H2,1-2H3/b4-3-. The zero-order valence-electron chi connectivity index (χ0n) is 13.5. The second kappa shape index (κ2) is 6.62. The predicted octanol–water partition coefficient (Wildman–Crippen LogP) is 4.42. The van der Waals surface area contributed by atoms with Crippen molar-refractivity contribution in [1.29, 1.82) is 0 Å². The quantitative estimate of drug-likeness (QED) is 0.620. The average Bonchev–Trinajstić information content (AvgIpc) is 3.40. The lowest BCUT2D eigenvalue weighted by molar-refractivity contribution is 0.0967. The molecule has 0 N–H and O–H groups in total. The zero-order valence-corrected chi connectivity index (χ0v) is 13.5. The van der Waals surface area contributed by atoms with Crippen molar-refractivity contribution in [3.63, 3.8) is 0 Å². The number of hydrogen-bond donors (Lipinski definition) is 0. The predicted molar refractivity (Wildman–Crippen MR) is 93.2 cm³/mol. The number of pyridine rings is 1. The number of rotatable bonds is 3. The van der Waals surface area contributed by atoms with Gasteiger partial charge in [-0.2, -0.15) is 0 Å². The van der Waals surface area contributed by atoms with E-state index >= 15 is 0 Å². The molecule has 2 aromatic rings. The van der Waals surface area contributed by atoms with Gasteiger partial charge in [0.25, 0.3) is 0 Å². The first-order chi connectivity index (χ1) is 11.2. The highest BCUT2D eigenvalue weighted by Gasteiger charge is 2.30. The Kier molecular flexibility index (Phi) is 4.39. The third-order valence-electron chi connectivity index (χ3n) is 3.98. The van der Waals surface area contributed by atoms with Crippen LogP contribution in [0.2, 0.25) is 0 Å². The first kappa shape index (κ1) is 15.2. The summed E-state index contributed by atoms with van der Waals surface area (Å²) in [5.41, 5.74) is 4.71. The molecule has 0 unspecified atom stereocenters. The Hall–Kier alpha value is -2.66. The van der Waals surface area contributed by atoms with Gasteiger partial charge in [0.2, 0.25) is 0 Å². The van der Waals surface area contributed by atoms with E-state index in [4.69, 9.17) is 0 Å². The summed E-state index contributed by atoms with van der Waals surface area (Å²) >= 11 is 0. The smallest absolute Gasteiger partial charge is 0.165 e. The van der Waals surface area contributed by atoms with Crippen molar-refractivity contribution in [2.45, 2.75) is 26.7 Å². The van der Waals surface area contributed by atoms with Crippen molar-refractivity contribution in [2.24, 2.45) is 5.92 Å². The Labute approximate surface area is 137 Å². The highest BCUT2D eigenvalue weighted by atomic mass is 16.1. The topological polar surface area (TPSA) is 30.0 Å². The van der Waals surface area contributed by atoms with E-state index < -0.39 is 0 Å². The Balaban J connectivity index is 1.84. The maximum atomic E-state index is 12.0. The van der Waals surface area contributed by atoms with Gasteiger partial charge in [0.05, 0.1) is 0 Å². The molecule has 1 saturated carbocycles. The van der Waals surface area contributed by atoms with E-state index in [0.29, 0.717) is 0 Å². The largest absolute Gasteiger partial charge is 0.294 e. The second-order valence-corrected chi connectivity index (χ2v) is 5.82. The van der Waals surface area contributed by atoms with Crippen LogP contribution in [0.1, 0.15) is 52.5 Å². The molecular formula is C21H19NO. The van der Waals surface area contributed by atoms with Crippen LogP contribution in [0.4, 0.5) is 0 Å². The maximum absolute atomic E-state index is 12.0. The van der Waals surface area contributed by atoms with Crippen molar-refractivity contribution < 1.29 is 4.79 Å². The molecule has 1 fully saturated rings. The maximum Gasteiger partial charge on any atom is 0.165 e. The minimum absolute atomic E-state index is 0.259. The Bertz CT molecular complexity index is 815. The molecule has 0 saturated heterocycles. The van der Waals surface area contributed by atoms with Gasteiger partial charge in [0.15, 0.2) is 5.78 Å². The molecule has 1 aromatic heterocycles. The van der Waals surface area contributed by atoms with Crippen LogP contribution in [0, 0.1) is 24.7 Å². The number of carbonyl (C=O) groups excluding carboxylic acids is 1. The van der Waals surface area contributed by atoms with Crippen LogP contribution in [-0.4, -0.2) is 10.8 Å². The number of aromatic nitrogens is 1. The van der Waals surface area contributed by atoms with Gasteiger partial charge < -0.3 is 0 Å². The van der Waals surface area contributed by atoms with E-state index in [1.165, 1.54) is 0 Å². The molecule has 2 nitrogen and oxygen atoms in total. The lowest BCUT2D eigenvalue weighted by atomic mass is 10.0. The molecule has 114 valence electrons. The monoisotopic (exact) mass is 301 g/mol. The number of benzene rings is 1. The molecule has 23 heavy (non-hydrogen) atoms. The number of allylic oxidation sites excluding steroid dienone is 1. The molecular weight excluding hydrogens is 282 g/mol. The second-order valence-electron chi connectivity index (χ2n) is 5.82. The number of nitrogens with zero attached hydrogens (tertiary/aromatic N) is 1. The summed E-state index contributed by atoms with van der Waals surface area (Å²) in [5.74, 6) is 6.92. The van der Waals surface area contributed by atoms with Gasteiger partial charge in [0.1, 0.15) is 0 Å². The van der Waals surface area contributed by atoms with E-state index in [2.05, 4.69) is 16.8 Å². The molecule has 0 radical (unpaired) electrons. The minimum atomic E-state index is 0.259. The summed E-state index contributed by atoms with van der Waals surface area (Å²) in [6.07, 6.45) is 7.88. The summed E-state index contributed by atoms with van der Waals surface area (Å²) in [5, 5.41) is 0. The minimum Gasteiger partial charge on any atom is -0.294 e. The van der Waals surface area contributed by atoms with Gasteiger partial charge >= 0.3 is 0 Å². The highest BCUT2D eigenvalue weighted by Crippen LogP contribution is 2.32. The van der Waals surface area contributed by atoms with E-state index in [1.807, 2.05) is 56.3 Å². The Morgan fingerprint density at radius 3 is 2.57 bits per heavy atom. The fraction of sp³-hybridized carbons (Fsp3) is 0.238. The van der Waals surface area contributed by atoms with Gasteiger partial charge in [-0.15, -0.1) is 0 Å². The normalized spacial score (nSPS) is 13.7. The number of carbonyl (C=O) groups is 1. The lowest BCUT2D eigenvalue weighted by Crippen LogP contribution is -2.00. The van der Waals surface area contributed by atoms with E-state index in [1.54, 1.807) is 6.20 Å². The van der Waals surface area contributed by atoms with Crippen LogP contribution in [0.5, 0.6) is 0 Å². The van der Waals surface area contributed by atoms with Gasteiger partial charge in [0, 0.05) is 40.1 Å². The number of Topliss-reactive ketones (excluding diaryl/α,β-unsaturated/α-hetero) is 1. The van der Waals surface area contributed by atoms with Crippen molar-refractivity contribution >= 4 is 11.9 Å². The van der Waals surface area contributed by atoms with Crippen LogP contribution in [0.3, 0.4) is 0 Å². The van der Waals surface area contributed by atoms with Gasteiger partial charge in [-0.05, 0) is 44.9 Å². The molecule has 0 atom stereocenters. The molecule has 3 rings (SSSR count). The molecule has 0 amide bonds. The molecule has 2 heteroatoms. The first-order valence-corrected chi connectivity index (χ1v) is 7.93.